The van der Waals surface area contributed by atoms with Crippen LogP contribution in [-0.2, 0) is 0 Å². The van der Waals surface area contributed by atoms with E-state index in [2.05, 4.69) is 52.7 Å². The van der Waals surface area contributed by atoms with Gasteiger partial charge in [0.1, 0.15) is 5.75 Å². The minimum atomic E-state index is -0.359. The summed E-state index contributed by atoms with van der Waals surface area (Å²) in [6, 6.07) is 20.4. The topological polar surface area (TPSA) is 86.6 Å². The Bertz CT molecular complexity index is 1280. The number of benzene rings is 3. The van der Waals surface area contributed by atoms with E-state index in [0.29, 0.717) is 15.6 Å². The van der Waals surface area contributed by atoms with Gasteiger partial charge in [-0.25, -0.2) is 10.4 Å². The SMILES string of the molecule is O=C(N/N=C\c1cc(Br)cc(Br)c1O)c1ccc(Nc2nc(-c3ccccc3)cs2)cc1. The highest BCUT2D eigenvalue weighted by Crippen LogP contribution is 2.30. The lowest BCUT2D eigenvalue weighted by molar-refractivity contribution is 0.0955. The molecule has 1 heterocycles. The molecule has 32 heavy (non-hydrogen) atoms. The molecule has 0 spiro atoms. The molecule has 0 unspecified atom stereocenters. The van der Waals surface area contributed by atoms with Crippen LogP contribution in [0.5, 0.6) is 5.75 Å². The molecule has 6 nitrogen and oxygen atoms in total. The summed E-state index contributed by atoms with van der Waals surface area (Å²) < 4.78 is 1.30. The summed E-state index contributed by atoms with van der Waals surface area (Å²) in [5, 5.41) is 20.0. The Kier molecular flexibility index (Phi) is 6.99. The summed E-state index contributed by atoms with van der Waals surface area (Å²) in [7, 11) is 0. The predicted octanol–water partition coefficient (Wildman–Crippen LogP) is 6.55. The monoisotopic (exact) mass is 570 g/mol. The number of phenols is 1. The maximum absolute atomic E-state index is 12.3. The molecule has 9 heteroatoms. The lowest BCUT2D eigenvalue weighted by Crippen LogP contribution is -2.17. The predicted molar refractivity (Wildman–Crippen MR) is 136 cm³/mol. The molecule has 4 rings (SSSR count). The molecule has 4 aromatic rings. The number of nitrogens with zero attached hydrogens (tertiary/aromatic N) is 2. The molecular weight excluding hydrogens is 556 g/mol. The van der Waals surface area contributed by atoms with Crippen LogP contribution in [0.3, 0.4) is 0 Å². The van der Waals surface area contributed by atoms with E-state index in [4.69, 9.17) is 0 Å². The molecule has 160 valence electrons. The van der Waals surface area contributed by atoms with Gasteiger partial charge in [0.2, 0.25) is 0 Å². The van der Waals surface area contributed by atoms with Gasteiger partial charge in [-0.15, -0.1) is 11.3 Å². The first-order valence-electron chi connectivity index (χ1n) is 9.39. The molecule has 0 saturated carbocycles. The number of nitrogens with one attached hydrogen (secondary N) is 2. The van der Waals surface area contributed by atoms with E-state index < -0.39 is 0 Å². The van der Waals surface area contributed by atoms with Crippen LogP contribution in [0.2, 0.25) is 0 Å². The summed E-state index contributed by atoms with van der Waals surface area (Å²) in [6.07, 6.45) is 1.38. The van der Waals surface area contributed by atoms with Crippen LogP contribution in [0.25, 0.3) is 11.3 Å². The normalized spacial score (nSPS) is 10.9. The van der Waals surface area contributed by atoms with E-state index in [1.54, 1.807) is 36.4 Å². The number of rotatable bonds is 6. The molecule has 1 aromatic heterocycles. The van der Waals surface area contributed by atoms with Gasteiger partial charge in [-0.05, 0) is 52.3 Å². The summed E-state index contributed by atoms with van der Waals surface area (Å²) >= 11 is 8.12. The zero-order chi connectivity index (χ0) is 22.5. The maximum Gasteiger partial charge on any atom is 0.271 e. The first-order valence-corrected chi connectivity index (χ1v) is 11.9. The van der Waals surface area contributed by atoms with Crippen LogP contribution in [-0.4, -0.2) is 22.2 Å². The number of amides is 1. The molecule has 0 fully saturated rings. The fourth-order valence-electron chi connectivity index (χ4n) is 2.81. The lowest BCUT2D eigenvalue weighted by atomic mass is 10.2. The van der Waals surface area contributed by atoms with Gasteiger partial charge in [0.05, 0.1) is 16.4 Å². The summed E-state index contributed by atoms with van der Waals surface area (Å²) in [4.78, 5) is 17.0. The highest BCUT2D eigenvalue weighted by Gasteiger charge is 2.08. The Labute approximate surface area is 205 Å². The number of thiazole rings is 1. The Morgan fingerprint density at radius 1 is 1.06 bits per heavy atom. The molecule has 0 radical (unpaired) electrons. The van der Waals surface area contributed by atoms with E-state index in [0.717, 1.165) is 26.5 Å². The Balaban J connectivity index is 1.37. The number of phenolic OH excluding ortho intramolecular Hbond substituents is 1. The van der Waals surface area contributed by atoms with Crippen LogP contribution in [0.15, 0.2) is 86.2 Å². The number of hydrazone groups is 1. The van der Waals surface area contributed by atoms with Gasteiger partial charge in [-0.3, -0.25) is 4.79 Å². The van der Waals surface area contributed by atoms with Crippen molar-refractivity contribution in [2.75, 3.05) is 5.32 Å². The van der Waals surface area contributed by atoms with Crippen molar-refractivity contribution in [3.05, 3.63) is 92.2 Å². The number of halogens is 2. The number of aromatic hydroxyl groups is 1. The molecule has 0 aliphatic carbocycles. The van der Waals surface area contributed by atoms with Crippen molar-refractivity contribution >= 4 is 66.1 Å². The number of carbonyl (C=O) groups excluding carboxylic acids is 1. The number of anilines is 2. The standard InChI is InChI=1S/C23H16Br2N4O2S/c24-17-10-16(21(30)19(25)11-17)12-26-29-22(31)15-6-8-18(9-7-15)27-23-28-20(13-32-23)14-4-2-1-3-5-14/h1-13,30H,(H,27,28)(H,29,31)/b26-12-. The van der Waals surface area contributed by atoms with Crippen LogP contribution in [0.1, 0.15) is 15.9 Å². The van der Waals surface area contributed by atoms with E-state index in [1.807, 2.05) is 35.7 Å². The van der Waals surface area contributed by atoms with E-state index in [9.17, 15) is 9.90 Å². The molecule has 0 atom stereocenters. The lowest BCUT2D eigenvalue weighted by Gasteiger charge is -2.05. The smallest absolute Gasteiger partial charge is 0.271 e. The van der Waals surface area contributed by atoms with Crippen molar-refractivity contribution in [1.29, 1.82) is 0 Å². The van der Waals surface area contributed by atoms with Crippen LogP contribution >= 0.6 is 43.2 Å². The fourth-order valence-corrected chi connectivity index (χ4v) is 4.81. The highest BCUT2D eigenvalue weighted by molar-refractivity contribution is 9.11. The number of hydrogen-bond acceptors (Lipinski definition) is 6. The Morgan fingerprint density at radius 3 is 2.56 bits per heavy atom. The Hall–Kier alpha value is -3.01. The van der Waals surface area contributed by atoms with Crippen molar-refractivity contribution in [2.24, 2.45) is 5.10 Å². The summed E-state index contributed by atoms with van der Waals surface area (Å²) in [5.74, 6) is -0.318. The zero-order valence-electron chi connectivity index (χ0n) is 16.4. The summed E-state index contributed by atoms with van der Waals surface area (Å²) in [6.45, 7) is 0. The molecule has 0 bridgehead atoms. The quantitative estimate of drug-likeness (QED) is 0.181. The third-order valence-corrected chi connectivity index (χ3v) is 6.22. The molecule has 0 aliphatic rings. The third kappa shape index (κ3) is 5.42. The van der Waals surface area contributed by atoms with Gasteiger partial charge in [0.15, 0.2) is 5.13 Å². The number of hydrogen-bond donors (Lipinski definition) is 3. The van der Waals surface area contributed by atoms with Gasteiger partial charge in [0.25, 0.3) is 5.91 Å². The molecular formula is C23H16Br2N4O2S. The second-order valence-corrected chi connectivity index (χ2v) is 9.26. The van der Waals surface area contributed by atoms with Crippen LogP contribution < -0.4 is 10.7 Å². The number of aromatic nitrogens is 1. The van der Waals surface area contributed by atoms with Crippen molar-refractivity contribution in [2.45, 2.75) is 0 Å². The maximum atomic E-state index is 12.3. The van der Waals surface area contributed by atoms with Gasteiger partial charge in [-0.2, -0.15) is 5.10 Å². The second-order valence-electron chi connectivity index (χ2n) is 6.63. The van der Waals surface area contributed by atoms with E-state index in [1.165, 1.54) is 17.6 Å². The molecule has 0 saturated heterocycles. The first-order chi connectivity index (χ1) is 15.5. The van der Waals surface area contributed by atoms with E-state index in [-0.39, 0.29) is 11.7 Å². The minimum absolute atomic E-state index is 0.0410. The Morgan fingerprint density at radius 2 is 1.81 bits per heavy atom. The second kappa shape index (κ2) is 10.1. The average Bonchev–Trinajstić information content (AvgIpc) is 3.26. The first kappa shape index (κ1) is 22.2. The molecule has 0 aliphatic heterocycles. The number of carbonyl (C=O) groups is 1. The van der Waals surface area contributed by atoms with Gasteiger partial charge in [0, 0.05) is 32.2 Å². The molecule has 3 N–H and O–H groups in total. The van der Waals surface area contributed by atoms with Gasteiger partial charge < -0.3 is 10.4 Å². The van der Waals surface area contributed by atoms with Gasteiger partial charge in [-0.1, -0.05) is 46.3 Å². The van der Waals surface area contributed by atoms with Crippen molar-refractivity contribution in [1.82, 2.24) is 10.4 Å². The summed E-state index contributed by atoms with van der Waals surface area (Å²) in [5.41, 5.74) is 6.18. The third-order valence-electron chi connectivity index (χ3n) is 4.40. The van der Waals surface area contributed by atoms with Crippen molar-refractivity contribution < 1.29 is 9.90 Å². The zero-order valence-corrected chi connectivity index (χ0v) is 20.4. The average molecular weight is 572 g/mol. The largest absolute Gasteiger partial charge is 0.506 e. The highest BCUT2D eigenvalue weighted by atomic mass is 79.9. The van der Waals surface area contributed by atoms with Crippen LogP contribution in [0.4, 0.5) is 10.8 Å². The van der Waals surface area contributed by atoms with Crippen molar-refractivity contribution in [3.8, 4) is 17.0 Å². The van der Waals surface area contributed by atoms with Gasteiger partial charge >= 0.3 is 0 Å². The fraction of sp³-hybridized carbons (Fsp3) is 0. The van der Waals surface area contributed by atoms with Crippen molar-refractivity contribution in [3.63, 3.8) is 0 Å². The van der Waals surface area contributed by atoms with Crippen LogP contribution in [0, 0.1) is 0 Å². The minimum Gasteiger partial charge on any atom is -0.506 e. The molecule has 1 amide bonds. The molecule has 3 aromatic carbocycles. The van der Waals surface area contributed by atoms with E-state index >= 15 is 0 Å².